The minimum Gasteiger partial charge on any atom is -0.507 e. The Bertz CT molecular complexity index is 441. The van der Waals surface area contributed by atoms with Crippen LogP contribution >= 0.6 is 0 Å². The van der Waals surface area contributed by atoms with E-state index in [4.69, 9.17) is 0 Å². The smallest absolute Gasteiger partial charge is 0.123 e. The second kappa shape index (κ2) is 5.04. The maximum absolute atomic E-state index is 11.0. The Labute approximate surface area is 131 Å². The van der Waals surface area contributed by atoms with Crippen molar-refractivity contribution in [2.75, 3.05) is 0 Å². The van der Waals surface area contributed by atoms with E-state index in [1.165, 1.54) is 16.7 Å². The van der Waals surface area contributed by atoms with Crippen LogP contribution in [-0.4, -0.2) is 5.11 Å². The highest BCUT2D eigenvalue weighted by atomic mass is 16.3. The van der Waals surface area contributed by atoms with Crippen molar-refractivity contribution in [2.24, 2.45) is 0 Å². The van der Waals surface area contributed by atoms with Crippen molar-refractivity contribution in [2.45, 2.75) is 92.4 Å². The summed E-state index contributed by atoms with van der Waals surface area (Å²) in [7, 11) is 0. The van der Waals surface area contributed by atoms with Crippen LogP contribution in [0.1, 0.15) is 90.1 Å². The van der Waals surface area contributed by atoms with E-state index in [9.17, 15) is 5.11 Å². The van der Waals surface area contributed by atoms with Gasteiger partial charge in [-0.1, -0.05) is 62.3 Å². The minimum atomic E-state index is -0.0676. The number of phenolic OH excluding ortho intramolecular Hbond substituents is 1. The summed E-state index contributed by atoms with van der Waals surface area (Å²) in [6.45, 7) is 24.2. The number of hydrogen-bond acceptors (Lipinski definition) is 1. The molecule has 1 aromatic carbocycles. The van der Waals surface area contributed by atoms with Gasteiger partial charge in [-0.15, -0.1) is 0 Å². The van der Waals surface area contributed by atoms with Crippen LogP contribution in [0.5, 0.6) is 5.75 Å². The van der Waals surface area contributed by atoms with Gasteiger partial charge in [0.25, 0.3) is 0 Å². The molecule has 0 saturated heterocycles. The van der Waals surface area contributed by atoms with E-state index in [1.54, 1.807) is 0 Å². The lowest BCUT2D eigenvalue weighted by Gasteiger charge is -2.36. The second-order valence-corrected chi connectivity index (χ2v) is 9.47. The molecule has 0 aromatic heterocycles. The highest BCUT2D eigenvalue weighted by Crippen LogP contribution is 2.47. The third kappa shape index (κ3) is 3.27. The molecule has 0 heterocycles. The molecular weight excluding hydrogens is 256 g/mol. The molecule has 21 heavy (non-hydrogen) atoms. The standard InChI is InChI=1S/C20H34O/c1-12-14(18(3,4)5)13(2)16(20(9,10)11)17(21)15(12)19(6,7)8/h21H,1-11H3. The van der Waals surface area contributed by atoms with Crippen LogP contribution < -0.4 is 0 Å². The molecule has 0 aliphatic rings. The Hall–Kier alpha value is -0.980. The Morgan fingerprint density at radius 3 is 0.952 bits per heavy atom. The zero-order chi connectivity index (χ0) is 17.0. The lowest BCUT2D eigenvalue weighted by Crippen LogP contribution is -2.25. The first kappa shape index (κ1) is 18.1. The predicted octanol–water partition coefficient (Wildman–Crippen LogP) is 5.90. The van der Waals surface area contributed by atoms with E-state index in [1.807, 2.05) is 0 Å². The number of hydrogen-bond donors (Lipinski definition) is 1. The van der Waals surface area contributed by atoms with Gasteiger partial charge in [0.15, 0.2) is 0 Å². The van der Waals surface area contributed by atoms with Crippen molar-refractivity contribution in [3.05, 3.63) is 27.8 Å². The van der Waals surface area contributed by atoms with Crippen LogP contribution in [0.4, 0.5) is 0 Å². The molecule has 0 bridgehead atoms. The molecule has 1 heteroatoms. The van der Waals surface area contributed by atoms with Gasteiger partial charge in [-0.3, -0.25) is 0 Å². The van der Waals surface area contributed by atoms with Gasteiger partial charge in [-0.25, -0.2) is 0 Å². The molecule has 0 unspecified atom stereocenters. The van der Waals surface area contributed by atoms with Gasteiger partial charge >= 0.3 is 0 Å². The summed E-state index contributed by atoms with van der Waals surface area (Å²) < 4.78 is 0. The van der Waals surface area contributed by atoms with Crippen molar-refractivity contribution in [1.29, 1.82) is 0 Å². The van der Waals surface area contributed by atoms with Crippen molar-refractivity contribution >= 4 is 0 Å². The summed E-state index contributed by atoms with van der Waals surface area (Å²) in [6, 6.07) is 0. The molecule has 0 atom stereocenters. The monoisotopic (exact) mass is 290 g/mol. The number of phenols is 1. The van der Waals surface area contributed by atoms with Crippen LogP contribution in [0.15, 0.2) is 0 Å². The van der Waals surface area contributed by atoms with Gasteiger partial charge in [0.2, 0.25) is 0 Å². The molecule has 1 rings (SSSR count). The van der Waals surface area contributed by atoms with E-state index >= 15 is 0 Å². The fraction of sp³-hybridized carbons (Fsp3) is 0.700. The van der Waals surface area contributed by atoms with Gasteiger partial charge in [-0.05, 0) is 46.8 Å². The first-order valence-corrected chi connectivity index (χ1v) is 7.97. The fourth-order valence-electron chi connectivity index (χ4n) is 3.97. The lowest BCUT2D eigenvalue weighted by atomic mass is 9.69. The van der Waals surface area contributed by atoms with Gasteiger partial charge in [0, 0.05) is 11.1 Å². The number of rotatable bonds is 0. The summed E-state index contributed by atoms with van der Waals surface area (Å²) in [4.78, 5) is 0. The molecular formula is C20H34O. The van der Waals surface area contributed by atoms with Crippen molar-refractivity contribution in [3.63, 3.8) is 0 Å². The topological polar surface area (TPSA) is 20.2 Å². The van der Waals surface area contributed by atoms with E-state index in [-0.39, 0.29) is 16.2 Å². The molecule has 120 valence electrons. The predicted molar refractivity (Wildman–Crippen MR) is 93.7 cm³/mol. The van der Waals surface area contributed by atoms with Crippen LogP contribution in [0.25, 0.3) is 0 Å². The van der Waals surface area contributed by atoms with Gasteiger partial charge in [0.1, 0.15) is 5.75 Å². The SMILES string of the molecule is Cc1c(C(C)(C)C)c(C)c(C(C)(C)C)c(O)c1C(C)(C)C. The normalized spacial score (nSPS) is 13.7. The van der Waals surface area contributed by atoms with Gasteiger partial charge in [-0.2, -0.15) is 0 Å². The van der Waals surface area contributed by atoms with Crippen LogP contribution in [0.2, 0.25) is 0 Å². The third-order valence-corrected chi connectivity index (χ3v) is 4.22. The molecule has 1 N–H and O–H groups in total. The second-order valence-electron chi connectivity index (χ2n) is 9.47. The van der Waals surface area contributed by atoms with Crippen LogP contribution in [-0.2, 0) is 16.2 Å². The quantitative estimate of drug-likeness (QED) is 0.630. The first-order valence-electron chi connectivity index (χ1n) is 7.97. The number of aromatic hydroxyl groups is 1. The molecule has 0 aliphatic heterocycles. The van der Waals surface area contributed by atoms with Crippen molar-refractivity contribution in [1.82, 2.24) is 0 Å². The third-order valence-electron chi connectivity index (χ3n) is 4.22. The molecule has 0 radical (unpaired) electrons. The minimum absolute atomic E-state index is 0.0676. The van der Waals surface area contributed by atoms with Crippen molar-refractivity contribution < 1.29 is 5.11 Å². The fourth-order valence-corrected chi connectivity index (χ4v) is 3.97. The summed E-state index contributed by atoms with van der Waals surface area (Å²) in [5.41, 5.74) is 6.02. The zero-order valence-corrected chi connectivity index (χ0v) is 15.9. The van der Waals surface area contributed by atoms with Gasteiger partial charge in [0.05, 0.1) is 0 Å². The Morgan fingerprint density at radius 1 is 0.524 bits per heavy atom. The van der Waals surface area contributed by atoms with Crippen LogP contribution in [0, 0.1) is 13.8 Å². The molecule has 0 amide bonds. The molecule has 0 spiro atoms. The Morgan fingerprint density at radius 2 is 0.762 bits per heavy atom. The molecule has 1 nitrogen and oxygen atoms in total. The van der Waals surface area contributed by atoms with Crippen molar-refractivity contribution in [3.8, 4) is 5.75 Å². The highest BCUT2D eigenvalue weighted by Gasteiger charge is 2.34. The molecule has 0 aliphatic carbocycles. The highest BCUT2D eigenvalue weighted by molar-refractivity contribution is 5.60. The van der Waals surface area contributed by atoms with Gasteiger partial charge < -0.3 is 5.11 Å². The van der Waals surface area contributed by atoms with E-state index in [2.05, 4.69) is 76.2 Å². The molecule has 0 fully saturated rings. The molecule has 0 saturated carbocycles. The summed E-state index contributed by atoms with van der Waals surface area (Å²) in [6.07, 6.45) is 0. The Kier molecular flexibility index (Phi) is 4.33. The average molecular weight is 290 g/mol. The van der Waals surface area contributed by atoms with Crippen LogP contribution in [0.3, 0.4) is 0 Å². The average Bonchev–Trinajstić information content (AvgIpc) is 2.07. The maximum Gasteiger partial charge on any atom is 0.123 e. The summed E-state index contributed by atoms with van der Waals surface area (Å²) in [5, 5.41) is 11.0. The number of benzene rings is 1. The lowest BCUT2D eigenvalue weighted by molar-refractivity contribution is 0.417. The van der Waals surface area contributed by atoms with E-state index < -0.39 is 0 Å². The maximum atomic E-state index is 11.0. The van der Waals surface area contributed by atoms with E-state index in [0.717, 1.165) is 11.1 Å². The largest absolute Gasteiger partial charge is 0.507 e. The summed E-state index contributed by atoms with van der Waals surface area (Å²) in [5.74, 6) is 0.498. The molecule has 1 aromatic rings. The first-order chi connectivity index (χ1) is 9.10. The van der Waals surface area contributed by atoms with E-state index in [0.29, 0.717) is 5.75 Å². The Balaban J connectivity index is 4.04. The zero-order valence-electron chi connectivity index (χ0n) is 15.9. The summed E-state index contributed by atoms with van der Waals surface area (Å²) >= 11 is 0.